The molecule has 1 amide bonds. The monoisotopic (exact) mass is 246 g/mol. The number of carbonyl (C=O) groups excluding carboxylic acids is 1. The minimum atomic E-state index is -0.248. The SMILES string of the molecule is Cc1cc(NC(=O)c2cccnc2)n(CCO)n1. The van der Waals surface area contributed by atoms with E-state index in [4.69, 9.17) is 5.11 Å². The van der Waals surface area contributed by atoms with Gasteiger partial charge in [-0.3, -0.25) is 9.78 Å². The summed E-state index contributed by atoms with van der Waals surface area (Å²) in [5.41, 5.74) is 1.26. The van der Waals surface area contributed by atoms with Gasteiger partial charge in [0.15, 0.2) is 0 Å². The summed E-state index contributed by atoms with van der Waals surface area (Å²) in [5, 5.41) is 15.8. The first-order chi connectivity index (χ1) is 8.70. The number of aliphatic hydroxyl groups excluding tert-OH is 1. The van der Waals surface area contributed by atoms with Crippen LogP contribution in [0.3, 0.4) is 0 Å². The van der Waals surface area contributed by atoms with Gasteiger partial charge in [0.25, 0.3) is 5.91 Å². The molecule has 2 aromatic rings. The lowest BCUT2D eigenvalue weighted by molar-refractivity contribution is 0.102. The molecular formula is C12H14N4O2. The van der Waals surface area contributed by atoms with Gasteiger partial charge in [-0.15, -0.1) is 0 Å². The van der Waals surface area contributed by atoms with E-state index in [0.717, 1.165) is 5.69 Å². The average molecular weight is 246 g/mol. The molecule has 6 nitrogen and oxygen atoms in total. The van der Waals surface area contributed by atoms with Crippen LogP contribution in [0.25, 0.3) is 0 Å². The molecule has 0 unspecified atom stereocenters. The molecule has 6 heteroatoms. The van der Waals surface area contributed by atoms with Crippen LogP contribution in [0.1, 0.15) is 16.1 Å². The number of pyridine rings is 1. The highest BCUT2D eigenvalue weighted by Crippen LogP contribution is 2.11. The third-order valence-corrected chi connectivity index (χ3v) is 2.38. The van der Waals surface area contributed by atoms with E-state index in [1.165, 1.54) is 6.20 Å². The van der Waals surface area contributed by atoms with Crippen LogP contribution in [0.5, 0.6) is 0 Å². The first-order valence-corrected chi connectivity index (χ1v) is 5.57. The number of hydrogen-bond donors (Lipinski definition) is 2. The lowest BCUT2D eigenvalue weighted by Gasteiger charge is -2.07. The number of aromatic nitrogens is 3. The molecule has 0 spiro atoms. The van der Waals surface area contributed by atoms with Crippen molar-refractivity contribution in [1.82, 2.24) is 14.8 Å². The van der Waals surface area contributed by atoms with Crippen molar-refractivity contribution in [2.45, 2.75) is 13.5 Å². The summed E-state index contributed by atoms with van der Waals surface area (Å²) in [5.74, 6) is 0.317. The van der Waals surface area contributed by atoms with Crippen LogP contribution in [0, 0.1) is 6.92 Å². The molecule has 18 heavy (non-hydrogen) atoms. The van der Waals surface area contributed by atoms with Crippen LogP contribution >= 0.6 is 0 Å². The minimum absolute atomic E-state index is 0.0309. The first kappa shape index (κ1) is 12.3. The third-order valence-electron chi connectivity index (χ3n) is 2.38. The van der Waals surface area contributed by atoms with Gasteiger partial charge in [-0.25, -0.2) is 4.68 Å². The van der Waals surface area contributed by atoms with Crippen molar-refractivity contribution in [2.24, 2.45) is 0 Å². The van der Waals surface area contributed by atoms with Gasteiger partial charge in [0, 0.05) is 18.5 Å². The van der Waals surface area contributed by atoms with E-state index in [1.54, 1.807) is 29.1 Å². The summed E-state index contributed by atoms with van der Waals surface area (Å²) in [7, 11) is 0. The van der Waals surface area contributed by atoms with Crippen molar-refractivity contribution in [3.05, 3.63) is 41.9 Å². The molecule has 2 aromatic heterocycles. The quantitative estimate of drug-likeness (QED) is 0.837. The summed E-state index contributed by atoms with van der Waals surface area (Å²) in [6, 6.07) is 5.14. The van der Waals surface area contributed by atoms with E-state index in [2.05, 4.69) is 15.4 Å². The van der Waals surface area contributed by atoms with Crippen molar-refractivity contribution < 1.29 is 9.90 Å². The van der Waals surface area contributed by atoms with E-state index in [9.17, 15) is 4.79 Å². The summed E-state index contributed by atoms with van der Waals surface area (Å²) >= 11 is 0. The zero-order valence-electron chi connectivity index (χ0n) is 10.00. The lowest BCUT2D eigenvalue weighted by atomic mass is 10.3. The number of hydrogen-bond acceptors (Lipinski definition) is 4. The zero-order valence-corrected chi connectivity index (χ0v) is 10.00. The fraction of sp³-hybridized carbons (Fsp3) is 0.250. The molecule has 94 valence electrons. The van der Waals surface area contributed by atoms with Gasteiger partial charge >= 0.3 is 0 Å². The van der Waals surface area contributed by atoms with Crippen molar-refractivity contribution >= 4 is 11.7 Å². The van der Waals surface area contributed by atoms with Crippen molar-refractivity contribution in [1.29, 1.82) is 0 Å². The average Bonchev–Trinajstić information content (AvgIpc) is 2.71. The highest BCUT2D eigenvalue weighted by atomic mass is 16.3. The molecule has 0 bridgehead atoms. The van der Waals surface area contributed by atoms with Gasteiger partial charge in [-0.05, 0) is 19.1 Å². The Morgan fingerprint density at radius 2 is 2.39 bits per heavy atom. The number of rotatable bonds is 4. The predicted octanol–water partition coefficient (Wildman–Crippen LogP) is 0.831. The molecule has 0 aliphatic carbocycles. The fourth-order valence-corrected chi connectivity index (χ4v) is 1.60. The maximum Gasteiger partial charge on any atom is 0.258 e. The van der Waals surface area contributed by atoms with Crippen molar-refractivity contribution in [3.63, 3.8) is 0 Å². The van der Waals surface area contributed by atoms with Gasteiger partial charge in [0.05, 0.1) is 24.4 Å². The topological polar surface area (TPSA) is 80.0 Å². The molecule has 0 saturated heterocycles. The first-order valence-electron chi connectivity index (χ1n) is 5.57. The number of nitrogens with zero attached hydrogens (tertiary/aromatic N) is 3. The predicted molar refractivity (Wildman–Crippen MR) is 66.2 cm³/mol. The normalized spacial score (nSPS) is 10.3. The fourth-order valence-electron chi connectivity index (χ4n) is 1.60. The van der Waals surface area contributed by atoms with Crippen molar-refractivity contribution in [3.8, 4) is 0 Å². The number of amides is 1. The number of anilines is 1. The van der Waals surface area contributed by atoms with Crippen LogP contribution in [0.4, 0.5) is 5.82 Å². The summed E-state index contributed by atoms with van der Waals surface area (Å²) < 4.78 is 1.56. The Balaban J connectivity index is 2.16. The second-order valence-electron chi connectivity index (χ2n) is 3.81. The van der Waals surface area contributed by atoms with Crippen LogP contribution in [0.2, 0.25) is 0 Å². The summed E-state index contributed by atoms with van der Waals surface area (Å²) in [4.78, 5) is 15.8. The molecule has 0 saturated carbocycles. The van der Waals surface area contributed by atoms with Gasteiger partial charge in [-0.1, -0.05) is 0 Å². The zero-order chi connectivity index (χ0) is 13.0. The summed E-state index contributed by atoms with van der Waals surface area (Å²) in [6.07, 6.45) is 3.10. The number of aliphatic hydroxyl groups is 1. The molecule has 2 heterocycles. The highest BCUT2D eigenvalue weighted by Gasteiger charge is 2.10. The largest absolute Gasteiger partial charge is 0.394 e. The molecule has 0 aromatic carbocycles. The van der Waals surface area contributed by atoms with Crippen molar-refractivity contribution in [2.75, 3.05) is 11.9 Å². The Morgan fingerprint density at radius 1 is 1.56 bits per heavy atom. The molecule has 0 aliphatic heterocycles. The Morgan fingerprint density at radius 3 is 3.06 bits per heavy atom. The molecule has 0 fully saturated rings. The van der Waals surface area contributed by atoms with Crippen LogP contribution < -0.4 is 5.32 Å². The molecule has 2 N–H and O–H groups in total. The van der Waals surface area contributed by atoms with Crippen LogP contribution in [0.15, 0.2) is 30.6 Å². The van der Waals surface area contributed by atoms with E-state index < -0.39 is 0 Å². The number of aryl methyl sites for hydroxylation is 1. The second-order valence-corrected chi connectivity index (χ2v) is 3.81. The maximum absolute atomic E-state index is 11.9. The lowest BCUT2D eigenvalue weighted by Crippen LogP contribution is -2.16. The van der Waals surface area contributed by atoms with Gasteiger partial charge in [0.2, 0.25) is 0 Å². The molecular weight excluding hydrogens is 232 g/mol. The second kappa shape index (κ2) is 5.42. The molecule has 2 rings (SSSR count). The number of nitrogens with one attached hydrogen (secondary N) is 1. The molecule has 0 aliphatic rings. The van der Waals surface area contributed by atoms with Gasteiger partial charge < -0.3 is 10.4 Å². The Hall–Kier alpha value is -2.21. The molecule has 0 radical (unpaired) electrons. The van der Waals surface area contributed by atoms with Gasteiger partial charge in [0.1, 0.15) is 5.82 Å². The third kappa shape index (κ3) is 2.72. The van der Waals surface area contributed by atoms with Crippen LogP contribution in [-0.4, -0.2) is 32.4 Å². The standard InChI is InChI=1S/C12H14N4O2/c1-9-7-11(16(15-9)5-6-17)14-12(18)10-3-2-4-13-8-10/h2-4,7-8,17H,5-6H2,1H3,(H,14,18). The highest BCUT2D eigenvalue weighted by molar-refractivity contribution is 6.03. The Labute approximate surface area is 104 Å². The van der Waals surface area contributed by atoms with E-state index in [0.29, 0.717) is 17.9 Å². The maximum atomic E-state index is 11.9. The number of carbonyl (C=O) groups is 1. The van der Waals surface area contributed by atoms with E-state index in [-0.39, 0.29) is 12.5 Å². The minimum Gasteiger partial charge on any atom is -0.394 e. The molecule has 0 atom stereocenters. The van der Waals surface area contributed by atoms with E-state index in [1.807, 2.05) is 6.92 Å². The van der Waals surface area contributed by atoms with Crippen LogP contribution in [-0.2, 0) is 6.54 Å². The Bertz CT molecular complexity index is 536. The van der Waals surface area contributed by atoms with E-state index >= 15 is 0 Å². The summed E-state index contributed by atoms with van der Waals surface area (Å²) in [6.45, 7) is 2.14. The van der Waals surface area contributed by atoms with Gasteiger partial charge in [-0.2, -0.15) is 5.10 Å². The smallest absolute Gasteiger partial charge is 0.258 e. The Kier molecular flexibility index (Phi) is 3.69.